The monoisotopic (exact) mass is 526 g/mol. The zero-order valence-corrected chi connectivity index (χ0v) is 20.2. The Kier molecular flexibility index (Phi) is 5.57. The number of aromatic hydroxyl groups is 5. The summed E-state index contributed by atoms with van der Waals surface area (Å²) in [5.74, 6) is -4.28. The molecule has 39 heavy (non-hydrogen) atoms. The van der Waals surface area contributed by atoms with Gasteiger partial charge in [-0.05, 0) is 47.5 Å². The number of benzene rings is 4. The van der Waals surface area contributed by atoms with Crippen LogP contribution in [0.2, 0.25) is 0 Å². The topological polar surface area (TPSA) is 154 Å². The number of Topliss-reactive ketones (excluding diaryl/α,β-unsaturated/α-hetero) is 2. The van der Waals surface area contributed by atoms with Crippen LogP contribution in [0.25, 0.3) is 0 Å². The molecule has 2 heterocycles. The Balaban J connectivity index is 1.57. The fraction of sp³-hybridized carbons (Fsp3) is 0.133. The molecule has 0 aromatic heterocycles. The van der Waals surface area contributed by atoms with Crippen LogP contribution in [0.3, 0.4) is 0 Å². The van der Waals surface area contributed by atoms with E-state index in [9.17, 15) is 35.1 Å². The first kappa shape index (κ1) is 24.2. The highest BCUT2D eigenvalue weighted by Gasteiger charge is 2.53. The highest BCUT2D eigenvalue weighted by atomic mass is 16.5. The highest BCUT2D eigenvalue weighted by molar-refractivity contribution is 6.10. The van der Waals surface area contributed by atoms with E-state index in [2.05, 4.69) is 0 Å². The minimum absolute atomic E-state index is 0.00631. The maximum Gasteiger partial charge on any atom is 0.178 e. The Morgan fingerprint density at radius 1 is 0.513 bits per heavy atom. The first-order chi connectivity index (χ1) is 18.7. The number of ketones is 2. The van der Waals surface area contributed by atoms with Gasteiger partial charge in [0.15, 0.2) is 11.6 Å². The third-order valence-corrected chi connectivity index (χ3v) is 7.14. The molecule has 5 N–H and O–H groups in total. The van der Waals surface area contributed by atoms with Crippen molar-refractivity contribution in [2.24, 2.45) is 11.8 Å². The van der Waals surface area contributed by atoms with Crippen LogP contribution in [0.5, 0.6) is 40.2 Å². The summed E-state index contributed by atoms with van der Waals surface area (Å²) in [6, 6.07) is 18.3. The van der Waals surface area contributed by atoms with Gasteiger partial charge in [-0.25, -0.2) is 0 Å². The lowest BCUT2D eigenvalue weighted by molar-refractivity contribution is 0.0132. The Morgan fingerprint density at radius 3 is 1.59 bits per heavy atom. The summed E-state index contributed by atoms with van der Waals surface area (Å²) in [5, 5.41) is 50.4. The van der Waals surface area contributed by atoms with E-state index < -0.39 is 41.4 Å². The Labute approximate surface area is 221 Å². The number of phenolic OH excluding ortho intramolecular Hbond substituents is 5. The second kappa shape index (κ2) is 8.98. The zero-order chi connectivity index (χ0) is 27.4. The van der Waals surface area contributed by atoms with E-state index in [0.717, 1.165) is 6.07 Å². The molecule has 9 nitrogen and oxygen atoms in total. The average Bonchev–Trinajstić information content (AvgIpc) is 2.89. The largest absolute Gasteiger partial charge is 0.508 e. The van der Waals surface area contributed by atoms with Crippen LogP contribution in [0.1, 0.15) is 44.1 Å². The molecule has 0 aliphatic carbocycles. The quantitative estimate of drug-likeness (QED) is 0.254. The second-order valence-electron chi connectivity index (χ2n) is 9.56. The number of hydrogen-bond donors (Lipinski definition) is 5. The van der Waals surface area contributed by atoms with E-state index in [4.69, 9.17) is 9.47 Å². The second-order valence-corrected chi connectivity index (χ2v) is 9.56. The van der Waals surface area contributed by atoms with Crippen molar-refractivity contribution in [3.05, 3.63) is 101 Å². The molecule has 196 valence electrons. The van der Waals surface area contributed by atoms with Crippen LogP contribution in [0.4, 0.5) is 0 Å². The average molecular weight is 526 g/mol. The molecule has 2 aliphatic rings. The normalized spacial score (nSPS) is 21.8. The smallest absolute Gasteiger partial charge is 0.178 e. The fourth-order valence-corrected chi connectivity index (χ4v) is 5.36. The van der Waals surface area contributed by atoms with E-state index in [0.29, 0.717) is 11.1 Å². The summed E-state index contributed by atoms with van der Waals surface area (Å²) >= 11 is 0. The van der Waals surface area contributed by atoms with E-state index in [1.807, 2.05) is 0 Å². The van der Waals surface area contributed by atoms with Gasteiger partial charge in [-0.1, -0.05) is 24.3 Å². The number of rotatable bonds is 3. The minimum Gasteiger partial charge on any atom is -0.508 e. The van der Waals surface area contributed by atoms with Gasteiger partial charge in [-0.2, -0.15) is 0 Å². The van der Waals surface area contributed by atoms with Crippen molar-refractivity contribution in [3.63, 3.8) is 0 Å². The molecular formula is C30H22O9. The number of carbonyl (C=O) groups is 2. The molecule has 4 aromatic rings. The molecule has 0 saturated heterocycles. The van der Waals surface area contributed by atoms with Gasteiger partial charge in [0.05, 0.1) is 17.4 Å². The van der Waals surface area contributed by atoms with Gasteiger partial charge in [0.2, 0.25) is 0 Å². The number of carbonyl (C=O) groups excluding carboxylic acids is 2. The summed E-state index contributed by atoms with van der Waals surface area (Å²) in [7, 11) is 0. The maximum atomic E-state index is 14.2. The van der Waals surface area contributed by atoms with Crippen LogP contribution in [0.15, 0.2) is 78.9 Å². The molecule has 4 unspecified atom stereocenters. The molecule has 0 saturated carbocycles. The van der Waals surface area contributed by atoms with Gasteiger partial charge >= 0.3 is 0 Å². The van der Waals surface area contributed by atoms with E-state index in [1.165, 1.54) is 48.5 Å². The maximum absolute atomic E-state index is 14.2. The summed E-state index contributed by atoms with van der Waals surface area (Å²) in [5.41, 5.74) is 0.930. The van der Waals surface area contributed by atoms with Gasteiger partial charge in [-0.3, -0.25) is 9.59 Å². The molecule has 0 amide bonds. The van der Waals surface area contributed by atoms with Gasteiger partial charge in [0, 0.05) is 18.2 Å². The SMILES string of the molecule is O=C1c2ccc(O)cc2OC(c2ccc(O)cc2)C1C1C(=O)c2c(O)cc(O)cc2OC1c1ccc(O)cc1. The summed E-state index contributed by atoms with van der Waals surface area (Å²) < 4.78 is 12.5. The van der Waals surface area contributed by atoms with Crippen LogP contribution in [-0.4, -0.2) is 37.1 Å². The molecule has 0 radical (unpaired) electrons. The molecule has 2 aliphatic heterocycles. The van der Waals surface area contributed by atoms with Crippen molar-refractivity contribution in [2.75, 3.05) is 0 Å². The predicted molar refractivity (Wildman–Crippen MR) is 136 cm³/mol. The molecule has 0 spiro atoms. The Hall–Kier alpha value is -5.18. The molecule has 9 heteroatoms. The summed E-state index contributed by atoms with van der Waals surface area (Å²) in [6.45, 7) is 0. The van der Waals surface area contributed by atoms with Crippen molar-refractivity contribution in [1.29, 1.82) is 0 Å². The van der Waals surface area contributed by atoms with Crippen molar-refractivity contribution in [3.8, 4) is 40.2 Å². The van der Waals surface area contributed by atoms with E-state index in [-0.39, 0.29) is 45.6 Å². The fourth-order valence-electron chi connectivity index (χ4n) is 5.36. The molecular weight excluding hydrogens is 504 g/mol. The van der Waals surface area contributed by atoms with Gasteiger partial charge < -0.3 is 35.0 Å². The standard InChI is InChI=1S/C30H22O9/c31-16-5-1-14(2-6-16)29-25(27(36)20-10-9-18(33)12-22(20)38-29)26-28(37)24-21(35)11-19(34)13-23(24)39-30(26)15-3-7-17(32)8-4-15/h1-13,25-26,29-35H. The Morgan fingerprint density at radius 2 is 1.00 bits per heavy atom. The molecule has 0 fully saturated rings. The Bertz CT molecular complexity index is 1610. The number of phenols is 5. The molecule has 0 bridgehead atoms. The lowest BCUT2D eigenvalue weighted by Gasteiger charge is -2.42. The zero-order valence-electron chi connectivity index (χ0n) is 20.2. The van der Waals surface area contributed by atoms with Crippen LogP contribution in [-0.2, 0) is 0 Å². The third-order valence-electron chi connectivity index (χ3n) is 7.14. The predicted octanol–water partition coefficient (Wildman–Crippen LogP) is 4.78. The van der Waals surface area contributed by atoms with Gasteiger partial charge in [0.25, 0.3) is 0 Å². The van der Waals surface area contributed by atoms with Crippen LogP contribution >= 0.6 is 0 Å². The van der Waals surface area contributed by atoms with Gasteiger partial charge in [0.1, 0.15) is 58.0 Å². The van der Waals surface area contributed by atoms with Gasteiger partial charge in [-0.15, -0.1) is 0 Å². The van der Waals surface area contributed by atoms with Crippen molar-refractivity contribution < 1.29 is 44.6 Å². The molecule has 6 rings (SSSR count). The first-order valence-electron chi connectivity index (χ1n) is 12.1. The molecule has 4 atom stereocenters. The molecule has 4 aromatic carbocycles. The lowest BCUT2D eigenvalue weighted by atomic mass is 9.69. The number of ether oxygens (including phenoxy) is 2. The minimum atomic E-state index is -1.22. The number of hydrogen-bond acceptors (Lipinski definition) is 9. The summed E-state index contributed by atoms with van der Waals surface area (Å²) in [4.78, 5) is 28.3. The third kappa shape index (κ3) is 4.04. The lowest BCUT2D eigenvalue weighted by Crippen LogP contribution is -2.45. The van der Waals surface area contributed by atoms with Crippen LogP contribution in [0, 0.1) is 11.8 Å². The van der Waals surface area contributed by atoms with Crippen molar-refractivity contribution in [1.82, 2.24) is 0 Å². The highest BCUT2D eigenvalue weighted by Crippen LogP contribution is 2.52. The van der Waals surface area contributed by atoms with Crippen molar-refractivity contribution >= 4 is 11.6 Å². The van der Waals surface area contributed by atoms with E-state index in [1.54, 1.807) is 24.3 Å². The van der Waals surface area contributed by atoms with E-state index >= 15 is 0 Å². The number of fused-ring (bicyclic) bond motifs is 2. The van der Waals surface area contributed by atoms with Crippen LogP contribution < -0.4 is 9.47 Å². The summed E-state index contributed by atoms with van der Waals surface area (Å²) in [6.07, 6.45) is -2.10. The first-order valence-corrected chi connectivity index (χ1v) is 12.1. The van der Waals surface area contributed by atoms with Crippen molar-refractivity contribution in [2.45, 2.75) is 12.2 Å².